The molecule has 166 valence electrons. The lowest BCUT2D eigenvalue weighted by atomic mass is 10.1. The first-order valence-electron chi connectivity index (χ1n) is 9.77. The number of methoxy groups -OCH3 is 1. The number of hydrogen-bond acceptors (Lipinski definition) is 6. The molecule has 0 radical (unpaired) electrons. The maximum absolute atomic E-state index is 12.2. The Morgan fingerprint density at radius 3 is 2.59 bits per heavy atom. The Kier molecular flexibility index (Phi) is 10.4. The molecule has 0 aromatic heterocycles. The molecule has 0 heterocycles. The van der Waals surface area contributed by atoms with Gasteiger partial charge in [0.15, 0.2) is 0 Å². The molecule has 0 aliphatic heterocycles. The van der Waals surface area contributed by atoms with Crippen molar-refractivity contribution in [2.75, 3.05) is 30.7 Å². The third-order valence-corrected chi connectivity index (χ3v) is 5.27. The number of amides is 1. The van der Waals surface area contributed by atoms with E-state index in [1.807, 2.05) is 0 Å². The van der Waals surface area contributed by atoms with Crippen molar-refractivity contribution in [2.24, 2.45) is 0 Å². The molecule has 8 nitrogen and oxygen atoms in total. The molecule has 0 saturated carbocycles. The van der Waals surface area contributed by atoms with Crippen molar-refractivity contribution in [1.82, 2.24) is 5.32 Å². The van der Waals surface area contributed by atoms with Gasteiger partial charge in [0.2, 0.25) is 10.0 Å². The average Bonchev–Trinajstić information content (AvgIpc) is 2.59. The van der Waals surface area contributed by atoms with Crippen LogP contribution in [0.4, 0.5) is 10.5 Å². The van der Waals surface area contributed by atoms with Gasteiger partial charge < -0.3 is 19.9 Å². The fourth-order valence-electron chi connectivity index (χ4n) is 2.55. The van der Waals surface area contributed by atoms with Gasteiger partial charge in [0.1, 0.15) is 5.60 Å². The average molecular weight is 431 g/mol. The quantitative estimate of drug-likeness (QED) is 0.439. The summed E-state index contributed by atoms with van der Waals surface area (Å²) < 4.78 is 37.0. The smallest absolute Gasteiger partial charge is 0.407 e. The van der Waals surface area contributed by atoms with Crippen molar-refractivity contribution in [3.05, 3.63) is 29.8 Å². The van der Waals surface area contributed by atoms with E-state index in [0.717, 1.165) is 12.8 Å². The monoisotopic (exact) mass is 430 g/mol. The van der Waals surface area contributed by atoms with Gasteiger partial charge in [0.25, 0.3) is 0 Å². The van der Waals surface area contributed by atoms with Crippen LogP contribution in [0.5, 0.6) is 0 Å². The summed E-state index contributed by atoms with van der Waals surface area (Å²) in [5.74, 6) is 0.0311. The second kappa shape index (κ2) is 12.0. The molecule has 0 saturated heterocycles. The number of nitrogens with one attached hydrogen (secondary N) is 2. The third kappa shape index (κ3) is 11.7. The van der Waals surface area contributed by atoms with Crippen LogP contribution in [0.15, 0.2) is 24.3 Å². The lowest BCUT2D eigenvalue weighted by molar-refractivity contribution is 0.0518. The fourth-order valence-corrected chi connectivity index (χ4v) is 3.72. The lowest BCUT2D eigenvalue weighted by Gasteiger charge is -2.20. The van der Waals surface area contributed by atoms with Gasteiger partial charge in [-0.15, -0.1) is 0 Å². The van der Waals surface area contributed by atoms with Crippen molar-refractivity contribution in [3.63, 3.8) is 0 Å². The van der Waals surface area contributed by atoms with E-state index in [-0.39, 0.29) is 18.7 Å². The van der Waals surface area contributed by atoms with Gasteiger partial charge in [0.05, 0.1) is 11.9 Å². The summed E-state index contributed by atoms with van der Waals surface area (Å²) in [6.45, 7) is 6.17. The minimum Gasteiger partial charge on any atom is -0.444 e. The second-order valence-electron chi connectivity index (χ2n) is 7.83. The summed E-state index contributed by atoms with van der Waals surface area (Å²) in [7, 11) is -1.84. The maximum atomic E-state index is 12.2. The summed E-state index contributed by atoms with van der Waals surface area (Å²) in [6, 6.07) is 6.62. The molecule has 1 atom stereocenters. The zero-order chi connectivity index (χ0) is 21.9. The van der Waals surface area contributed by atoms with E-state index in [2.05, 4.69) is 10.0 Å². The van der Waals surface area contributed by atoms with Gasteiger partial charge in [-0.05, 0) is 57.7 Å². The number of aliphatic hydroxyl groups excluding tert-OH is 1. The van der Waals surface area contributed by atoms with Crippen LogP contribution in [-0.2, 0) is 19.5 Å². The minimum atomic E-state index is -3.46. The van der Waals surface area contributed by atoms with Crippen LogP contribution >= 0.6 is 0 Å². The molecule has 29 heavy (non-hydrogen) atoms. The van der Waals surface area contributed by atoms with Crippen LogP contribution < -0.4 is 10.0 Å². The Labute approximate surface area is 174 Å². The molecule has 1 amide bonds. The van der Waals surface area contributed by atoms with E-state index in [4.69, 9.17) is 9.47 Å². The summed E-state index contributed by atoms with van der Waals surface area (Å²) in [5.41, 5.74) is 0.382. The van der Waals surface area contributed by atoms with E-state index in [0.29, 0.717) is 24.3 Å². The third-order valence-electron chi connectivity index (χ3n) is 3.89. The number of anilines is 1. The van der Waals surface area contributed by atoms with Crippen molar-refractivity contribution in [1.29, 1.82) is 0 Å². The van der Waals surface area contributed by atoms with Crippen molar-refractivity contribution < 1.29 is 27.8 Å². The van der Waals surface area contributed by atoms with Gasteiger partial charge >= 0.3 is 6.09 Å². The normalized spacial score (nSPS) is 13.0. The Balaban J connectivity index is 2.51. The summed E-state index contributed by atoms with van der Waals surface area (Å²) in [5, 5.41) is 12.9. The Morgan fingerprint density at radius 2 is 1.93 bits per heavy atom. The molecule has 0 spiro atoms. The number of alkyl carbamates (subject to hydrolysis) is 1. The Bertz CT molecular complexity index is 731. The van der Waals surface area contributed by atoms with Crippen LogP contribution in [0.3, 0.4) is 0 Å². The highest BCUT2D eigenvalue weighted by atomic mass is 32.2. The van der Waals surface area contributed by atoms with Crippen LogP contribution in [0.2, 0.25) is 0 Å². The van der Waals surface area contributed by atoms with Crippen LogP contribution in [0.1, 0.15) is 58.1 Å². The van der Waals surface area contributed by atoms with Crippen molar-refractivity contribution >= 4 is 21.8 Å². The second-order valence-corrected chi connectivity index (χ2v) is 9.67. The number of carbonyl (C=O) groups excluding carboxylic acids is 1. The molecular weight excluding hydrogens is 396 g/mol. The van der Waals surface area contributed by atoms with Crippen LogP contribution in [0.25, 0.3) is 0 Å². The molecular formula is C20H34N2O6S. The van der Waals surface area contributed by atoms with Gasteiger partial charge in [-0.3, -0.25) is 4.72 Å². The zero-order valence-electron chi connectivity index (χ0n) is 17.7. The topological polar surface area (TPSA) is 114 Å². The predicted molar refractivity (Wildman–Crippen MR) is 113 cm³/mol. The first-order valence-corrected chi connectivity index (χ1v) is 11.4. The molecule has 3 N–H and O–H groups in total. The molecule has 0 aliphatic rings. The first kappa shape index (κ1) is 25.2. The number of ether oxygens (including phenoxy) is 2. The molecule has 1 aromatic rings. The highest BCUT2D eigenvalue weighted by molar-refractivity contribution is 7.92. The number of carbonyl (C=O) groups is 1. The van der Waals surface area contributed by atoms with Gasteiger partial charge in [-0.1, -0.05) is 18.6 Å². The van der Waals surface area contributed by atoms with E-state index in [1.165, 1.54) is 0 Å². The maximum Gasteiger partial charge on any atom is 0.407 e. The van der Waals surface area contributed by atoms with Crippen molar-refractivity contribution in [2.45, 2.75) is 58.2 Å². The van der Waals surface area contributed by atoms with Crippen LogP contribution in [-0.4, -0.2) is 51.2 Å². The van der Waals surface area contributed by atoms with Crippen LogP contribution in [0, 0.1) is 0 Å². The fraction of sp³-hybridized carbons (Fsp3) is 0.650. The number of rotatable bonds is 12. The number of sulfonamides is 1. The molecule has 0 fully saturated rings. The standard InChI is InChI=1S/C20H34N2O6S/c1-20(2,3)28-19(24)21-12-11-18(23)16-9-8-10-17(15-16)22-29(25,26)14-7-5-6-13-27-4/h8-10,15,18,22-23H,5-7,11-14H2,1-4H3,(H,21,24). The SMILES string of the molecule is COCCCCCS(=O)(=O)Nc1cccc(C(O)CCNC(=O)OC(C)(C)C)c1. The number of hydrogen-bond donors (Lipinski definition) is 3. The Morgan fingerprint density at radius 1 is 1.21 bits per heavy atom. The molecule has 1 rings (SSSR count). The molecule has 9 heteroatoms. The predicted octanol–water partition coefficient (Wildman–Crippen LogP) is 3.19. The molecule has 0 aliphatic carbocycles. The highest BCUT2D eigenvalue weighted by Gasteiger charge is 2.17. The zero-order valence-corrected chi connectivity index (χ0v) is 18.5. The summed E-state index contributed by atoms with van der Waals surface area (Å²) in [4.78, 5) is 11.6. The lowest BCUT2D eigenvalue weighted by Crippen LogP contribution is -2.33. The minimum absolute atomic E-state index is 0.0311. The number of unbranched alkanes of at least 4 members (excludes halogenated alkanes) is 2. The van der Waals surface area contributed by atoms with Gasteiger partial charge in [-0.2, -0.15) is 0 Å². The highest BCUT2D eigenvalue weighted by Crippen LogP contribution is 2.21. The van der Waals surface area contributed by atoms with E-state index >= 15 is 0 Å². The van der Waals surface area contributed by atoms with Crippen molar-refractivity contribution in [3.8, 4) is 0 Å². The number of aliphatic hydroxyl groups is 1. The molecule has 1 aromatic carbocycles. The first-order chi connectivity index (χ1) is 13.5. The van der Waals surface area contributed by atoms with E-state index < -0.39 is 27.8 Å². The molecule has 0 bridgehead atoms. The number of benzene rings is 1. The van der Waals surface area contributed by atoms with Gasteiger partial charge in [0, 0.05) is 25.9 Å². The summed E-state index contributed by atoms with van der Waals surface area (Å²) >= 11 is 0. The summed E-state index contributed by atoms with van der Waals surface area (Å²) in [6.07, 6.45) is 1.04. The van der Waals surface area contributed by atoms with Gasteiger partial charge in [-0.25, -0.2) is 13.2 Å². The largest absolute Gasteiger partial charge is 0.444 e. The molecule has 1 unspecified atom stereocenters. The van der Waals surface area contributed by atoms with E-state index in [9.17, 15) is 18.3 Å². The Hall–Kier alpha value is -1.84. The van der Waals surface area contributed by atoms with E-state index in [1.54, 1.807) is 52.1 Å².